The fourth-order valence-corrected chi connectivity index (χ4v) is 4.46. The number of hydrogen-bond donors (Lipinski definition) is 0. The fraction of sp³-hybridized carbons (Fsp3) is 0.850. The van der Waals surface area contributed by atoms with E-state index in [1.807, 2.05) is 0 Å². The molecule has 1 aliphatic carbocycles. The Labute approximate surface area is 147 Å². The Morgan fingerprint density at radius 2 is 1.96 bits per heavy atom. The number of esters is 1. The first kappa shape index (κ1) is 20.4. The summed E-state index contributed by atoms with van der Waals surface area (Å²) in [5.74, 6) is 8.74. The number of rotatable bonds is 11. The maximum atomic E-state index is 11.0. The van der Waals surface area contributed by atoms with Gasteiger partial charge in [0.2, 0.25) is 0 Å². The van der Waals surface area contributed by atoms with Gasteiger partial charge in [-0.05, 0) is 37.9 Å². The van der Waals surface area contributed by atoms with E-state index in [4.69, 9.17) is 0 Å². The summed E-state index contributed by atoms with van der Waals surface area (Å²) >= 11 is 2.11. The van der Waals surface area contributed by atoms with Crippen LogP contribution in [0.3, 0.4) is 0 Å². The van der Waals surface area contributed by atoms with Crippen molar-refractivity contribution in [2.75, 3.05) is 12.9 Å². The number of hydrogen-bond acceptors (Lipinski definition) is 3. The molecule has 0 aromatic rings. The number of unbranched alkanes of at least 4 members (excludes halogenated alkanes) is 6. The van der Waals surface area contributed by atoms with E-state index >= 15 is 0 Å². The molecule has 0 aromatic carbocycles. The molecule has 0 aliphatic heterocycles. The Morgan fingerprint density at radius 3 is 2.74 bits per heavy atom. The van der Waals surface area contributed by atoms with Crippen LogP contribution in [0.1, 0.15) is 84.0 Å². The summed E-state index contributed by atoms with van der Waals surface area (Å²) in [6, 6.07) is 0. The van der Waals surface area contributed by atoms with E-state index in [-0.39, 0.29) is 5.97 Å². The van der Waals surface area contributed by atoms with Crippen LogP contribution in [0.4, 0.5) is 0 Å². The van der Waals surface area contributed by atoms with Gasteiger partial charge in [0.25, 0.3) is 0 Å². The van der Waals surface area contributed by atoms with Crippen LogP contribution < -0.4 is 0 Å². The normalized spacial score (nSPS) is 20.1. The van der Waals surface area contributed by atoms with Gasteiger partial charge in [0, 0.05) is 24.0 Å². The maximum Gasteiger partial charge on any atom is 0.305 e. The van der Waals surface area contributed by atoms with Gasteiger partial charge in [0.05, 0.1) is 7.11 Å². The Hall–Kier alpha value is -0.620. The standard InChI is InChI=1S/C20H34O2S/c1-3-4-5-6-7-9-13-18-14-12-15-19(18)23-17-11-8-10-16-20(21)22-2/h18-19H,3-8,10-12,14-17H2,1-2H3/t18-,19-/m0/s1. The molecule has 0 spiro atoms. The van der Waals surface area contributed by atoms with Crippen molar-refractivity contribution in [1.82, 2.24) is 0 Å². The summed E-state index contributed by atoms with van der Waals surface area (Å²) < 4.78 is 4.66. The smallest absolute Gasteiger partial charge is 0.305 e. The lowest BCUT2D eigenvalue weighted by Crippen LogP contribution is -2.08. The van der Waals surface area contributed by atoms with Gasteiger partial charge in [-0.15, -0.1) is 5.92 Å². The molecule has 2 atom stereocenters. The number of carbonyl (C=O) groups is 1. The summed E-state index contributed by atoms with van der Waals surface area (Å²) in [5.41, 5.74) is 0. The monoisotopic (exact) mass is 338 g/mol. The van der Waals surface area contributed by atoms with Gasteiger partial charge in [-0.25, -0.2) is 0 Å². The predicted molar refractivity (Wildman–Crippen MR) is 101 cm³/mol. The van der Waals surface area contributed by atoms with E-state index in [1.54, 1.807) is 0 Å². The predicted octanol–water partition coefficient (Wildman–Crippen LogP) is 5.60. The lowest BCUT2D eigenvalue weighted by atomic mass is 10.1. The third-order valence-corrected chi connectivity index (χ3v) is 6.00. The molecule has 3 heteroatoms. The van der Waals surface area contributed by atoms with E-state index in [1.165, 1.54) is 64.2 Å². The first-order chi connectivity index (χ1) is 11.3. The SMILES string of the molecule is CCCCCCC#C[C@H]1CCC[C@@H]1SCCCCCC(=O)OC. The molecule has 1 fully saturated rings. The summed E-state index contributed by atoms with van der Waals surface area (Å²) in [7, 11) is 1.46. The second-order valence-electron chi connectivity index (χ2n) is 6.47. The molecule has 0 aromatic heterocycles. The fourth-order valence-electron chi connectivity index (χ4n) is 3.02. The Bertz CT molecular complexity index is 370. The second kappa shape index (κ2) is 13.8. The molecule has 2 nitrogen and oxygen atoms in total. The van der Waals surface area contributed by atoms with Crippen molar-refractivity contribution in [3.05, 3.63) is 0 Å². The summed E-state index contributed by atoms with van der Waals surface area (Å²) in [5, 5.41) is 0.749. The van der Waals surface area contributed by atoms with Crippen LogP contribution in [-0.2, 0) is 9.53 Å². The summed E-state index contributed by atoms with van der Waals surface area (Å²) in [6.07, 6.45) is 14.2. The minimum Gasteiger partial charge on any atom is -0.469 e. The van der Waals surface area contributed by atoms with Gasteiger partial charge in [0.1, 0.15) is 0 Å². The van der Waals surface area contributed by atoms with E-state index < -0.39 is 0 Å². The average molecular weight is 339 g/mol. The van der Waals surface area contributed by atoms with E-state index in [0.29, 0.717) is 12.3 Å². The molecular weight excluding hydrogens is 304 g/mol. The molecule has 0 bridgehead atoms. The van der Waals surface area contributed by atoms with Crippen molar-refractivity contribution in [2.24, 2.45) is 5.92 Å². The number of ether oxygens (including phenoxy) is 1. The van der Waals surface area contributed by atoms with Crippen LogP contribution in [0.15, 0.2) is 0 Å². The molecule has 132 valence electrons. The molecule has 0 radical (unpaired) electrons. The van der Waals surface area contributed by atoms with Crippen molar-refractivity contribution in [3.63, 3.8) is 0 Å². The van der Waals surface area contributed by atoms with Crippen molar-refractivity contribution in [1.29, 1.82) is 0 Å². The molecule has 0 N–H and O–H groups in total. The highest BCUT2D eigenvalue weighted by Gasteiger charge is 2.25. The quantitative estimate of drug-likeness (QED) is 0.279. The van der Waals surface area contributed by atoms with Crippen LogP contribution in [-0.4, -0.2) is 24.1 Å². The minimum atomic E-state index is -0.0808. The zero-order valence-electron chi connectivity index (χ0n) is 15.1. The van der Waals surface area contributed by atoms with Gasteiger partial charge in [-0.1, -0.05) is 44.9 Å². The van der Waals surface area contributed by atoms with Crippen molar-refractivity contribution < 1.29 is 9.53 Å². The lowest BCUT2D eigenvalue weighted by Gasteiger charge is -2.14. The molecule has 0 heterocycles. The Morgan fingerprint density at radius 1 is 1.13 bits per heavy atom. The number of carbonyl (C=O) groups excluding carboxylic acids is 1. The summed E-state index contributed by atoms with van der Waals surface area (Å²) in [4.78, 5) is 11.0. The highest BCUT2D eigenvalue weighted by Crippen LogP contribution is 2.35. The first-order valence-electron chi connectivity index (χ1n) is 9.44. The van der Waals surface area contributed by atoms with Gasteiger partial charge in [-0.3, -0.25) is 4.79 Å². The molecule has 0 saturated heterocycles. The zero-order valence-corrected chi connectivity index (χ0v) is 15.9. The zero-order chi connectivity index (χ0) is 16.8. The second-order valence-corrected chi connectivity index (χ2v) is 7.81. The van der Waals surface area contributed by atoms with Crippen molar-refractivity contribution >= 4 is 17.7 Å². The Kier molecular flexibility index (Phi) is 12.2. The summed E-state index contributed by atoms with van der Waals surface area (Å²) in [6.45, 7) is 2.25. The molecule has 1 aliphatic rings. The van der Waals surface area contributed by atoms with Crippen LogP contribution in [0.2, 0.25) is 0 Å². The van der Waals surface area contributed by atoms with Crippen LogP contribution in [0.25, 0.3) is 0 Å². The number of methoxy groups -OCH3 is 1. The lowest BCUT2D eigenvalue weighted by molar-refractivity contribution is -0.140. The van der Waals surface area contributed by atoms with Gasteiger partial charge in [0.15, 0.2) is 0 Å². The molecule has 23 heavy (non-hydrogen) atoms. The largest absolute Gasteiger partial charge is 0.469 e. The topological polar surface area (TPSA) is 26.3 Å². The highest BCUT2D eigenvalue weighted by atomic mass is 32.2. The molecule has 0 amide bonds. The van der Waals surface area contributed by atoms with Gasteiger partial charge >= 0.3 is 5.97 Å². The van der Waals surface area contributed by atoms with Gasteiger partial charge < -0.3 is 4.74 Å². The third kappa shape index (κ3) is 9.97. The first-order valence-corrected chi connectivity index (χ1v) is 10.5. The van der Waals surface area contributed by atoms with Crippen LogP contribution in [0.5, 0.6) is 0 Å². The molecule has 1 saturated carbocycles. The Balaban J connectivity index is 2.08. The van der Waals surface area contributed by atoms with Crippen LogP contribution in [0, 0.1) is 17.8 Å². The average Bonchev–Trinajstić information content (AvgIpc) is 3.01. The molecule has 1 rings (SSSR count). The van der Waals surface area contributed by atoms with Crippen molar-refractivity contribution in [2.45, 2.75) is 89.2 Å². The van der Waals surface area contributed by atoms with Gasteiger partial charge in [-0.2, -0.15) is 11.8 Å². The molecular formula is C20H34O2S. The number of thioether (sulfide) groups is 1. The van der Waals surface area contributed by atoms with E-state index in [9.17, 15) is 4.79 Å². The third-order valence-electron chi connectivity index (χ3n) is 4.48. The van der Waals surface area contributed by atoms with E-state index in [0.717, 1.165) is 24.5 Å². The minimum absolute atomic E-state index is 0.0808. The maximum absolute atomic E-state index is 11.0. The van der Waals surface area contributed by atoms with Crippen LogP contribution >= 0.6 is 11.8 Å². The highest BCUT2D eigenvalue weighted by molar-refractivity contribution is 7.99. The van der Waals surface area contributed by atoms with E-state index in [2.05, 4.69) is 35.3 Å². The molecule has 0 unspecified atom stereocenters. The van der Waals surface area contributed by atoms with Crippen molar-refractivity contribution in [3.8, 4) is 11.8 Å².